The number of aromatic nitrogens is 4. The molecule has 1 unspecified atom stereocenters. The molecule has 1 atom stereocenters. The molecule has 9 heteroatoms. The molecule has 4 aromatic rings. The smallest absolute Gasteiger partial charge is 0.229 e. The minimum absolute atomic E-state index is 0.246. The van der Waals surface area contributed by atoms with E-state index in [2.05, 4.69) is 56.5 Å². The van der Waals surface area contributed by atoms with Gasteiger partial charge in [-0.05, 0) is 56.4 Å². The van der Waals surface area contributed by atoms with Gasteiger partial charge >= 0.3 is 0 Å². The number of aliphatic hydroxyl groups is 1. The molecule has 6 rings (SSSR count). The van der Waals surface area contributed by atoms with E-state index in [0.717, 1.165) is 48.5 Å². The molecule has 0 aliphatic carbocycles. The van der Waals surface area contributed by atoms with Crippen LogP contribution in [0.4, 0.5) is 17.3 Å². The van der Waals surface area contributed by atoms with Crippen LogP contribution >= 0.6 is 0 Å². The molecule has 0 bridgehead atoms. The Labute approximate surface area is 197 Å². The van der Waals surface area contributed by atoms with Gasteiger partial charge in [0.15, 0.2) is 5.65 Å². The zero-order valence-electron chi connectivity index (χ0n) is 19.3. The molecule has 2 aromatic carbocycles. The highest BCUT2D eigenvalue weighted by Crippen LogP contribution is 2.38. The van der Waals surface area contributed by atoms with E-state index in [1.807, 2.05) is 18.2 Å². The van der Waals surface area contributed by atoms with Gasteiger partial charge in [-0.2, -0.15) is 10.1 Å². The van der Waals surface area contributed by atoms with Crippen LogP contribution in [-0.2, 0) is 5.60 Å². The number of nitrogens with one attached hydrogen (secondary N) is 1. The largest absolute Gasteiger partial charge is 0.490 e. The van der Waals surface area contributed by atoms with E-state index in [9.17, 15) is 5.11 Å². The predicted molar refractivity (Wildman–Crippen MR) is 131 cm³/mol. The fraction of sp³-hybridized carbons (Fsp3) is 0.320. The number of piperazine rings is 1. The molecule has 4 heterocycles. The quantitative estimate of drug-likeness (QED) is 0.483. The van der Waals surface area contributed by atoms with Crippen molar-refractivity contribution in [3.05, 3.63) is 60.4 Å². The van der Waals surface area contributed by atoms with Crippen LogP contribution in [0, 0.1) is 0 Å². The maximum atomic E-state index is 10.6. The van der Waals surface area contributed by atoms with Crippen LogP contribution in [0.2, 0.25) is 0 Å². The van der Waals surface area contributed by atoms with Crippen molar-refractivity contribution < 1.29 is 9.84 Å². The number of nitrogens with zero attached hydrogens (tertiary/aromatic N) is 6. The summed E-state index contributed by atoms with van der Waals surface area (Å²) in [6, 6.07) is 14.1. The van der Waals surface area contributed by atoms with Gasteiger partial charge in [0.05, 0.1) is 17.3 Å². The second kappa shape index (κ2) is 7.96. The van der Waals surface area contributed by atoms with Gasteiger partial charge in [0.1, 0.15) is 18.0 Å². The van der Waals surface area contributed by atoms with E-state index >= 15 is 0 Å². The second-order valence-electron chi connectivity index (χ2n) is 9.23. The Balaban J connectivity index is 1.25. The first-order valence-electron chi connectivity index (χ1n) is 11.5. The minimum atomic E-state index is -1.02. The fourth-order valence-electron chi connectivity index (χ4n) is 4.51. The van der Waals surface area contributed by atoms with Crippen LogP contribution in [0.3, 0.4) is 0 Å². The zero-order chi connectivity index (χ0) is 23.3. The van der Waals surface area contributed by atoms with Gasteiger partial charge in [-0.1, -0.05) is 0 Å². The van der Waals surface area contributed by atoms with Crippen LogP contribution in [0.25, 0.3) is 16.7 Å². The third-order valence-corrected chi connectivity index (χ3v) is 6.60. The molecule has 1 saturated heterocycles. The lowest BCUT2D eigenvalue weighted by Gasteiger charge is -2.34. The van der Waals surface area contributed by atoms with Gasteiger partial charge in [0.2, 0.25) is 5.95 Å². The molecular formula is C25H27N7O2. The Morgan fingerprint density at radius 3 is 2.56 bits per heavy atom. The van der Waals surface area contributed by atoms with E-state index in [1.54, 1.807) is 24.0 Å². The van der Waals surface area contributed by atoms with Crippen LogP contribution in [0.15, 0.2) is 54.9 Å². The lowest BCUT2D eigenvalue weighted by Crippen LogP contribution is -2.44. The Hall–Kier alpha value is -3.69. The third-order valence-electron chi connectivity index (χ3n) is 6.60. The predicted octanol–water partition coefficient (Wildman–Crippen LogP) is 2.91. The monoisotopic (exact) mass is 457 g/mol. The van der Waals surface area contributed by atoms with E-state index in [1.165, 1.54) is 5.69 Å². The van der Waals surface area contributed by atoms with E-state index < -0.39 is 5.60 Å². The van der Waals surface area contributed by atoms with Gasteiger partial charge in [-0.15, -0.1) is 0 Å². The Morgan fingerprint density at radius 2 is 1.76 bits per heavy atom. The highest BCUT2D eigenvalue weighted by molar-refractivity contribution is 5.77. The fourth-order valence-corrected chi connectivity index (χ4v) is 4.51. The lowest BCUT2D eigenvalue weighted by molar-refractivity contribution is 0.0349. The average Bonchev–Trinajstić information content (AvgIpc) is 3.40. The summed E-state index contributed by atoms with van der Waals surface area (Å²) >= 11 is 0. The summed E-state index contributed by atoms with van der Waals surface area (Å²) in [6.07, 6.45) is 3.51. The molecule has 9 nitrogen and oxygen atoms in total. The molecule has 2 N–H and O–H groups in total. The third kappa shape index (κ3) is 3.72. The molecular weight excluding hydrogens is 430 g/mol. The summed E-state index contributed by atoms with van der Waals surface area (Å²) in [5.74, 6) is 1.19. The van der Waals surface area contributed by atoms with Crippen molar-refractivity contribution in [2.24, 2.45) is 0 Å². The van der Waals surface area contributed by atoms with Gasteiger partial charge in [0.25, 0.3) is 0 Å². The first-order chi connectivity index (χ1) is 16.5. The highest BCUT2D eigenvalue weighted by atomic mass is 16.5. The number of fused-ring (bicyclic) bond motifs is 2. The minimum Gasteiger partial charge on any atom is -0.490 e. The van der Waals surface area contributed by atoms with E-state index in [0.29, 0.717) is 17.3 Å². The molecule has 0 saturated carbocycles. The summed E-state index contributed by atoms with van der Waals surface area (Å²) in [5.41, 5.74) is 3.37. The molecule has 1 fully saturated rings. The molecule has 0 radical (unpaired) electrons. The molecule has 2 aliphatic rings. The number of anilines is 3. The summed E-state index contributed by atoms with van der Waals surface area (Å²) in [6.45, 7) is 6.24. The number of ether oxygens (including phenoxy) is 1. The maximum Gasteiger partial charge on any atom is 0.229 e. The average molecular weight is 458 g/mol. The summed E-state index contributed by atoms with van der Waals surface area (Å²) in [7, 11) is 2.16. The van der Waals surface area contributed by atoms with Crippen molar-refractivity contribution in [2.45, 2.75) is 12.5 Å². The van der Waals surface area contributed by atoms with Crippen molar-refractivity contribution in [2.75, 3.05) is 50.1 Å². The van der Waals surface area contributed by atoms with Gasteiger partial charge < -0.3 is 25.0 Å². The first-order valence-corrected chi connectivity index (χ1v) is 11.5. The standard InChI is InChI=1S/C25H27N7O2/c1-25(33)16-34-22-8-7-20(13-21(22)25)32-23-17(15-27-32)14-26-24(29-23)28-18-3-5-19(6-4-18)31-11-9-30(2)10-12-31/h3-8,13-15,33H,9-12,16H2,1-2H3,(H,26,28,29). The van der Waals surface area contributed by atoms with Crippen molar-refractivity contribution in [1.82, 2.24) is 24.6 Å². The molecule has 0 spiro atoms. The van der Waals surface area contributed by atoms with Crippen LogP contribution < -0.4 is 15.0 Å². The van der Waals surface area contributed by atoms with Crippen LogP contribution in [0.5, 0.6) is 5.75 Å². The van der Waals surface area contributed by atoms with Crippen molar-refractivity contribution in [1.29, 1.82) is 0 Å². The highest BCUT2D eigenvalue weighted by Gasteiger charge is 2.34. The number of rotatable bonds is 4. The first kappa shape index (κ1) is 20.9. The van der Waals surface area contributed by atoms with Crippen molar-refractivity contribution in [3.63, 3.8) is 0 Å². The maximum absolute atomic E-state index is 10.6. The number of hydrogen-bond donors (Lipinski definition) is 2. The lowest BCUT2D eigenvalue weighted by atomic mass is 9.98. The van der Waals surface area contributed by atoms with E-state index in [4.69, 9.17) is 9.72 Å². The summed E-state index contributed by atoms with van der Waals surface area (Å²) in [5, 5.41) is 19.3. The molecule has 2 aliphatic heterocycles. The topological polar surface area (TPSA) is 91.6 Å². The summed E-state index contributed by atoms with van der Waals surface area (Å²) in [4.78, 5) is 13.9. The van der Waals surface area contributed by atoms with Crippen molar-refractivity contribution in [3.8, 4) is 11.4 Å². The molecule has 174 valence electrons. The zero-order valence-corrected chi connectivity index (χ0v) is 19.3. The Bertz CT molecular complexity index is 1340. The molecule has 2 aromatic heterocycles. The van der Waals surface area contributed by atoms with E-state index in [-0.39, 0.29) is 6.61 Å². The summed E-state index contributed by atoms with van der Waals surface area (Å²) < 4.78 is 7.35. The Kier molecular flexibility index (Phi) is 4.89. The molecule has 34 heavy (non-hydrogen) atoms. The van der Waals surface area contributed by atoms with Crippen LogP contribution in [0.1, 0.15) is 12.5 Å². The van der Waals surface area contributed by atoms with Gasteiger partial charge in [-0.25, -0.2) is 9.67 Å². The second-order valence-corrected chi connectivity index (χ2v) is 9.23. The SMILES string of the molecule is CN1CCN(c2ccc(Nc3ncc4cnn(-c5ccc6c(c5)C(C)(O)CO6)c4n3)cc2)CC1. The van der Waals surface area contributed by atoms with Crippen LogP contribution in [-0.4, -0.2) is 69.6 Å². The molecule has 0 amide bonds. The normalized spacial score (nSPS) is 20.4. The Morgan fingerprint density at radius 1 is 1.00 bits per heavy atom. The van der Waals surface area contributed by atoms with Crippen molar-refractivity contribution >= 4 is 28.4 Å². The number of hydrogen-bond acceptors (Lipinski definition) is 8. The van der Waals surface area contributed by atoms with Gasteiger partial charge in [0, 0.05) is 49.3 Å². The number of benzene rings is 2. The van der Waals surface area contributed by atoms with Gasteiger partial charge in [-0.3, -0.25) is 0 Å². The number of likely N-dealkylation sites (N-methyl/N-ethyl adjacent to an activating group) is 1.